The molecule has 6 nitrogen and oxygen atoms in total. The number of hydrogen-bond acceptors (Lipinski definition) is 3. The highest BCUT2D eigenvalue weighted by Crippen LogP contribution is 2.20. The molecular formula is C22H23N3O3. The molecular weight excluding hydrogens is 354 g/mol. The zero-order chi connectivity index (χ0) is 19.9. The molecule has 6 heteroatoms. The Bertz CT molecular complexity index is 868. The first-order chi connectivity index (χ1) is 13.5. The quantitative estimate of drug-likeness (QED) is 0.785. The van der Waals surface area contributed by atoms with Crippen molar-refractivity contribution in [1.82, 2.24) is 4.90 Å². The molecule has 2 aromatic rings. The van der Waals surface area contributed by atoms with Gasteiger partial charge in [0.15, 0.2) is 0 Å². The fourth-order valence-corrected chi connectivity index (χ4v) is 3.16. The second kappa shape index (κ2) is 8.99. The van der Waals surface area contributed by atoms with Gasteiger partial charge < -0.3 is 16.0 Å². The second-order valence-corrected chi connectivity index (χ2v) is 6.77. The number of anilines is 1. The number of amides is 3. The molecule has 3 N–H and O–H groups in total. The van der Waals surface area contributed by atoms with Crippen LogP contribution < -0.4 is 11.1 Å². The van der Waals surface area contributed by atoms with Gasteiger partial charge in [0.25, 0.3) is 0 Å². The fraction of sp³-hybridized carbons (Fsp3) is 0.227. The Morgan fingerprint density at radius 2 is 1.61 bits per heavy atom. The number of primary amides is 1. The molecule has 3 rings (SSSR count). The van der Waals surface area contributed by atoms with Crippen molar-refractivity contribution < 1.29 is 14.4 Å². The van der Waals surface area contributed by atoms with Crippen molar-refractivity contribution in [2.24, 2.45) is 11.7 Å². The monoisotopic (exact) mass is 377 g/mol. The molecule has 28 heavy (non-hydrogen) atoms. The molecule has 144 valence electrons. The molecule has 3 amide bonds. The average Bonchev–Trinajstić information content (AvgIpc) is 2.73. The Balaban J connectivity index is 1.49. The molecule has 1 aliphatic heterocycles. The molecule has 0 aromatic heterocycles. The van der Waals surface area contributed by atoms with E-state index in [1.807, 2.05) is 30.3 Å². The highest BCUT2D eigenvalue weighted by atomic mass is 16.2. The topological polar surface area (TPSA) is 92.5 Å². The molecule has 0 saturated carbocycles. The molecule has 0 unspecified atom stereocenters. The van der Waals surface area contributed by atoms with Gasteiger partial charge in [-0.3, -0.25) is 14.4 Å². The summed E-state index contributed by atoms with van der Waals surface area (Å²) in [5.41, 5.74) is 7.21. The Morgan fingerprint density at radius 1 is 0.964 bits per heavy atom. The van der Waals surface area contributed by atoms with Crippen LogP contribution in [-0.4, -0.2) is 35.7 Å². The maximum Gasteiger partial charge on any atom is 0.248 e. The summed E-state index contributed by atoms with van der Waals surface area (Å²) >= 11 is 0. The number of rotatable bonds is 5. The molecule has 0 spiro atoms. The van der Waals surface area contributed by atoms with Gasteiger partial charge in [-0.25, -0.2) is 0 Å². The number of carbonyl (C=O) groups is 3. The van der Waals surface area contributed by atoms with Crippen LogP contribution in [0.1, 0.15) is 28.8 Å². The molecule has 2 aromatic carbocycles. The van der Waals surface area contributed by atoms with E-state index in [0.29, 0.717) is 37.2 Å². The Hall–Kier alpha value is -3.41. The SMILES string of the molecule is NC(=O)c1ccc(NC(=O)C2CCN(C(=O)/C=C/c3ccccc3)CC2)cc1. The number of piperidine rings is 1. The van der Waals surface area contributed by atoms with E-state index in [1.54, 1.807) is 41.3 Å². The van der Waals surface area contributed by atoms with Crippen molar-refractivity contribution in [3.05, 3.63) is 71.8 Å². The molecule has 1 saturated heterocycles. The normalized spacial score (nSPS) is 14.8. The number of nitrogens with two attached hydrogens (primary N) is 1. The van der Waals surface area contributed by atoms with Crippen molar-refractivity contribution in [1.29, 1.82) is 0 Å². The van der Waals surface area contributed by atoms with Crippen LogP contribution in [0, 0.1) is 5.92 Å². The summed E-state index contributed by atoms with van der Waals surface area (Å²) in [7, 11) is 0. The molecule has 0 atom stereocenters. The number of carbonyl (C=O) groups excluding carboxylic acids is 3. The van der Waals surface area contributed by atoms with Crippen molar-refractivity contribution in [2.75, 3.05) is 18.4 Å². The van der Waals surface area contributed by atoms with Gasteiger partial charge in [-0.2, -0.15) is 0 Å². The van der Waals surface area contributed by atoms with Gasteiger partial charge in [0.1, 0.15) is 0 Å². The zero-order valence-electron chi connectivity index (χ0n) is 15.5. The standard InChI is InChI=1S/C22H23N3O3/c23-21(27)17-7-9-19(10-8-17)24-22(28)18-12-14-25(15-13-18)20(26)11-6-16-4-2-1-3-5-16/h1-11,18H,12-15H2,(H2,23,27)(H,24,28)/b11-6+. The largest absolute Gasteiger partial charge is 0.366 e. The maximum atomic E-state index is 12.5. The van der Waals surface area contributed by atoms with Gasteiger partial charge in [-0.05, 0) is 48.7 Å². The number of nitrogens with zero attached hydrogens (tertiary/aromatic N) is 1. The third kappa shape index (κ3) is 5.07. The summed E-state index contributed by atoms with van der Waals surface area (Å²) in [4.78, 5) is 37.6. The maximum absolute atomic E-state index is 12.5. The van der Waals surface area contributed by atoms with Crippen molar-refractivity contribution in [3.63, 3.8) is 0 Å². The minimum absolute atomic E-state index is 0.0373. The lowest BCUT2D eigenvalue weighted by molar-refractivity contribution is -0.130. The van der Waals surface area contributed by atoms with Gasteiger partial charge >= 0.3 is 0 Å². The number of benzene rings is 2. The minimum atomic E-state index is -0.503. The van der Waals surface area contributed by atoms with Crippen LogP contribution in [0.4, 0.5) is 5.69 Å². The van der Waals surface area contributed by atoms with Crippen LogP contribution in [0.2, 0.25) is 0 Å². The fourth-order valence-electron chi connectivity index (χ4n) is 3.16. The minimum Gasteiger partial charge on any atom is -0.366 e. The lowest BCUT2D eigenvalue weighted by Crippen LogP contribution is -2.40. The number of hydrogen-bond donors (Lipinski definition) is 2. The highest BCUT2D eigenvalue weighted by Gasteiger charge is 2.26. The Kier molecular flexibility index (Phi) is 6.22. The summed E-state index contributed by atoms with van der Waals surface area (Å²) in [6, 6.07) is 16.1. The van der Waals surface area contributed by atoms with Crippen LogP contribution in [-0.2, 0) is 9.59 Å². The summed E-state index contributed by atoms with van der Waals surface area (Å²) in [6.07, 6.45) is 4.62. The lowest BCUT2D eigenvalue weighted by atomic mass is 9.95. The van der Waals surface area contributed by atoms with Crippen molar-refractivity contribution in [2.45, 2.75) is 12.8 Å². The van der Waals surface area contributed by atoms with E-state index in [4.69, 9.17) is 5.73 Å². The van der Waals surface area contributed by atoms with E-state index in [0.717, 1.165) is 5.56 Å². The van der Waals surface area contributed by atoms with Gasteiger partial charge in [-0.15, -0.1) is 0 Å². The van der Waals surface area contributed by atoms with Crippen molar-refractivity contribution in [3.8, 4) is 0 Å². The van der Waals surface area contributed by atoms with E-state index >= 15 is 0 Å². The van der Waals surface area contributed by atoms with Gasteiger partial charge in [0.2, 0.25) is 17.7 Å². The summed E-state index contributed by atoms with van der Waals surface area (Å²) in [6.45, 7) is 1.10. The molecule has 1 heterocycles. The van der Waals surface area contributed by atoms with E-state index in [2.05, 4.69) is 5.32 Å². The van der Waals surface area contributed by atoms with Crippen molar-refractivity contribution >= 4 is 29.5 Å². The van der Waals surface area contributed by atoms with Gasteiger partial charge in [0, 0.05) is 36.3 Å². The van der Waals surface area contributed by atoms with Crippen LogP contribution >= 0.6 is 0 Å². The van der Waals surface area contributed by atoms with E-state index in [-0.39, 0.29) is 17.7 Å². The molecule has 1 aliphatic rings. The first-order valence-electron chi connectivity index (χ1n) is 9.26. The van der Waals surface area contributed by atoms with Gasteiger partial charge in [-0.1, -0.05) is 30.3 Å². The summed E-state index contributed by atoms with van der Waals surface area (Å²) in [5.74, 6) is -0.752. The Labute approximate surface area is 164 Å². The van der Waals surface area contributed by atoms with Crippen LogP contribution in [0.3, 0.4) is 0 Å². The molecule has 0 radical (unpaired) electrons. The molecule has 0 aliphatic carbocycles. The van der Waals surface area contributed by atoms with Crippen LogP contribution in [0.15, 0.2) is 60.7 Å². The van der Waals surface area contributed by atoms with E-state index < -0.39 is 5.91 Å². The van der Waals surface area contributed by atoms with E-state index in [9.17, 15) is 14.4 Å². The third-order valence-corrected chi connectivity index (χ3v) is 4.83. The second-order valence-electron chi connectivity index (χ2n) is 6.77. The lowest BCUT2D eigenvalue weighted by Gasteiger charge is -2.30. The number of likely N-dealkylation sites (tertiary alicyclic amines) is 1. The molecule has 1 fully saturated rings. The molecule has 0 bridgehead atoms. The summed E-state index contributed by atoms with van der Waals surface area (Å²) < 4.78 is 0. The van der Waals surface area contributed by atoms with E-state index in [1.165, 1.54) is 0 Å². The third-order valence-electron chi connectivity index (χ3n) is 4.83. The highest BCUT2D eigenvalue weighted by molar-refractivity contribution is 5.96. The van der Waals surface area contributed by atoms with Crippen LogP contribution in [0.5, 0.6) is 0 Å². The first kappa shape index (κ1) is 19.4. The number of nitrogens with one attached hydrogen (secondary N) is 1. The average molecular weight is 377 g/mol. The smallest absolute Gasteiger partial charge is 0.248 e. The Morgan fingerprint density at radius 3 is 2.21 bits per heavy atom. The van der Waals surface area contributed by atoms with Crippen LogP contribution in [0.25, 0.3) is 6.08 Å². The van der Waals surface area contributed by atoms with Gasteiger partial charge in [0.05, 0.1) is 0 Å². The predicted molar refractivity (Wildman–Crippen MR) is 108 cm³/mol. The summed E-state index contributed by atoms with van der Waals surface area (Å²) in [5, 5.41) is 2.86. The predicted octanol–water partition coefficient (Wildman–Crippen LogP) is 2.68. The first-order valence-corrected chi connectivity index (χ1v) is 9.26. The zero-order valence-corrected chi connectivity index (χ0v) is 15.5.